The maximum Gasteiger partial charge on any atom is 0.153 e. The smallest absolute Gasteiger partial charge is 0.153 e. The van der Waals surface area contributed by atoms with Crippen molar-refractivity contribution in [2.75, 3.05) is 0 Å². The Bertz CT molecular complexity index is 2180. The number of aromatic nitrogens is 1. The van der Waals surface area contributed by atoms with Gasteiger partial charge in [-0.2, -0.15) is 0 Å². The number of hydrogen-bond donors (Lipinski definition) is 0. The molecule has 8 rings (SSSR count). The van der Waals surface area contributed by atoms with Gasteiger partial charge in [-0.15, -0.1) is 0 Å². The van der Waals surface area contributed by atoms with E-state index in [1.165, 1.54) is 42.8 Å². The summed E-state index contributed by atoms with van der Waals surface area (Å²) in [6.45, 7) is 7.24. The van der Waals surface area contributed by atoms with E-state index in [0.29, 0.717) is 0 Å². The molecule has 0 bridgehead atoms. The zero-order chi connectivity index (χ0) is 29.2. The Morgan fingerprint density at radius 2 is 0.953 bits per heavy atom. The largest absolute Gasteiger partial charge is 0.456 e. The van der Waals surface area contributed by atoms with E-state index in [9.17, 15) is 0 Å². The first kappa shape index (κ1) is 25.8. The molecule has 2 aromatic heterocycles. The zero-order valence-electron chi connectivity index (χ0n) is 24.7. The van der Waals surface area contributed by atoms with E-state index in [4.69, 9.17) is 4.42 Å². The van der Waals surface area contributed by atoms with Crippen LogP contribution in [0.2, 0.25) is 5.04 Å². The molecule has 0 amide bonds. The van der Waals surface area contributed by atoms with Gasteiger partial charge in [0.15, 0.2) is 8.07 Å². The quantitative estimate of drug-likeness (QED) is 0.152. The lowest BCUT2D eigenvalue weighted by Crippen LogP contribution is -2.72. The zero-order valence-corrected chi connectivity index (χ0v) is 25.7. The Morgan fingerprint density at radius 1 is 0.465 bits per heavy atom. The molecule has 0 aliphatic rings. The fourth-order valence-corrected chi connectivity index (χ4v) is 13.2. The van der Waals surface area contributed by atoms with Gasteiger partial charge in [-0.05, 0) is 57.0 Å². The minimum Gasteiger partial charge on any atom is -0.456 e. The molecule has 208 valence electrons. The number of fused-ring (bicyclic) bond motifs is 6. The van der Waals surface area contributed by atoms with Gasteiger partial charge in [0.05, 0.1) is 11.0 Å². The molecule has 6 aromatic carbocycles. The number of rotatable bonds is 4. The fourth-order valence-electron chi connectivity index (χ4n) is 7.51. The topological polar surface area (TPSA) is 18.1 Å². The molecule has 0 N–H and O–H groups in total. The van der Waals surface area contributed by atoms with Crippen LogP contribution in [0.15, 0.2) is 150 Å². The minimum atomic E-state index is -2.49. The molecular weight excluding hydrogens is 539 g/mol. The van der Waals surface area contributed by atoms with E-state index < -0.39 is 8.07 Å². The second-order valence-electron chi connectivity index (χ2n) is 12.6. The third-order valence-corrected chi connectivity index (χ3v) is 15.1. The van der Waals surface area contributed by atoms with Gasteiger partial charge in [0.25, 0.3) is 0 Å². The third-order valence-electron chi connectivity index (χ3n) is 9.26. The predicted molar refractivity (Wildman–Crippen MR) is 185 cm³/mol. The predicted octanol–water partition coefficient (Wildman–Crippen LogP) is 8.95. The first-order valence-corrected chi connectivity index (χ1v) is 17.0. The van der Waals surface area contributed by atoms with Crippen LogP contribution in [-0.2, 0) is 0 Å². The van der Waals surface area contributed by atoms with Crippen LogP contribution in [-0.4, -0.2) is 12.6 Å². The average molecular weight is 572 g/mol. The van der Waals surface area contributed by atoms with E-state index in [1.54, 1.807) is 0 Å². The molecule has 0 aliphatic carbocycles. The molecule has 0 radical (unpaired) electrons. The SMILES string of the molecule is CC(C)(C)[Si](c1ccccc1)(c1ccccc1)c1ccc2oc3ccc(-n4c5ccccc5c5ccccc54)cc3c2c1. The summed E-state index contributed by atoms with van der Waals surface area (Å²) in [6, 6.07) is 53.3. The Morgan fingerprint density at radius 3 is 1.51 bits per heavy atom. The normalized spacial score (nSPS) is 12.5. The van der Waals surface area contributed by atoms with Crippen molar-refractivity contribution in [2.45, 2.75) is 25.8 Å². The van der Waals surface area contributed by atoms with Gasteiger partial charge in [-0.3, -0.25) is 0 Å². The standard InChI is InChI=1S/C40H33NOSi/c1-40(2,3)43(29-14-6-4-7-15-29,30-16-8-5-9-17-30)31-23-25-39-35(27-31)34-26-28(22-24-38(34)42-39)41-36-20-12-10-18-32(36)33-19-11-13-21-37(33)41/h4-27H,1-3H3. The molecule has 8 aromatic rings. The number of benzene rings is 6. The van der Waals surface area contributed by atoms with Gasteiger partial charge in [0, 0.05) is 27.2 Å². The van der Waals surface area contributed by atoms with Crippen molar-refractivity contribution >= 4 is 67.4 Å². The first-order valence-electron chi connectivity index (χ1n) is 15.0. The number of hydrogen-bond acceptors (Lipinski definition) is 1. The van der Waals surface area contributed by atoms with E-state index in [0.717, 1.165) is 22.2 Å². The van der Waals surface area contributed by atoms with Crippen LogP contribution in [0.25, 0.3) is 49.4 Å². The molecule has 0 unspecified atom stereocenters. The molecule has 0 saturated heterocycles. The van der Waals surface area contributed by atoms with Crippen molar-refractivity contribution in [1.29, 1.82) is 0 Å². The van der Waals surface area contributed by atoms with E-state index in [-0.39, 0.29) is 5.04 Å². The molecule has 0 saturated carbocycles. The lowest BCUT2D eigenvalue weighted by molar-refractivity contribution is 0.669. The van der Waals surface area contributed by atoms with Gasteiger partial charge in [-0.1, -0.05) is 130 Å². The molecule has 3 heteroatoms. The van der Waals surface area contributed by atoms with Crippen molar-refractivity contribution in [3.63, 3.8) is 0 Å². The number of nitrogens with zero attached hydrogens (tertiary/aromatic N) is 1. The molecule has 43 heavy (non-hydrogen) atoms. The van der Waals surface area contributed by atoms with Crippen molar-refractivity contribution in [2.24, 2.45) is 0 Å². The molecule has 0 spiro atoms. The number of para-hydroxylation sites is 2. The van der Waals surface area contributed by atoms with E-state index in [2.05, 4.69) is 171 Å². The maximum absolute atomic E-state index is 6.47. The van der Waals surface area contributed by atoms with Crippen LogP contribution in [0, 0.1) is 0 Å². The Hall–Kier alpha value is -4.86. The Kier molecular flexibility index (Phi) is 5.75. The molecule has 0 fully saturated rings. The molecule has 2 heterocycles. The highest BCUT2D eigenvalue weighted by molar-refractivity contribution is 7.13. The van der Waals surface area contributed by atoms with Crippen molar-refractivity contribution < 1.29 is 4.42 Å². The van der Waals surface area contributed by atoms with E-state index >= 15 is 0 Å². The van der Waals surface area contributed by atoms with Crippen molar-refractivity contribution in [3.05, 3.63) is 146 Å². The molecule has 0 aliphatic heterocycles. The lowest BCUT2D eigenvalue weighted by atomic mass is 10.1. The highest BCUT2D eigenvalue weighted by atomic mass is 28.3. The lowest BCUT2D eigenvalue weighted by Gasteiger charge is -2.44. The summed E-state index contributed by atoms with van der Waals surface area (Å²) < 4.78 is 8.85. The molecule has 2 nitrogen and oxygen atoms in total. The summed E-state index contributed by atoms with van der Waals surface area (Å²) >= 11 is 0. The van der Waals surface area contributed by atoms with Gasteiger partial charge >= 0.3 is 0 Å². The second-order valence-corrected chi connectivity index (χ2v) is 17.3. The molecular formula is C40H33NOSi. The van der Waals surface area contributed by atoms with Crippen molar-refractivity contribution in [1.82, 2.24) is 4.57 Å². The molecule has 0 atom stereocenters. The highest BCUT2D eigenvalue weighted by Gasteiger charge is 2.49. The summed E-state index contributed by atoms with van der Waals surface area (Å²) in [6.07, 6.45) is 0. The second kappa shape index (κ2) is 9.58. The van der Waals surface area contributed by atoms with E-state index in [1.807, 2.05) is 0 Å². The average Bonchev–Trinajstić information content (AvgIpc) is 3.57. The summed E-state index contributed by atoms with van der Waals surface area (Å²) in [7, 11) is -2.49. The summed E-state index contributed by atoms with van der Waals surface area (Å²) in [4.78, 5) is 0. The highest BCUT2D eigenvalue weighted by Crippen LogP contribution is 2.38. The summed E-state index contributed by atoms with van der Waals surface area (Å²) in [5.74, 6) is 0. The van der Waals surface area contributed by atoms with Crippen LogP contribution in [0.3, 0.4) is 0 Å². The maximum atomic E-state index is 6.47. The summed E-state index contributed by atoms with van der Waals surface area (Å²) in [5, 5.41) is 9.11. The van der Waals surface area contributed by atoms with Crippen LogP contribution in [0.1, 0.15) is 20.8 Å². The summed E-state index contributed by atoms with van der Waals surface area (Å²) in [5.41, 5.74) is 5.41. The van der Waals surface area contributed by atoms with Gasteiger partial charge in [-0.25, -0.2) is 0 Å². The van der Waals surface area contributed by atoms with Gasteiger partial charge in [0.2, 0.25) is 0 Å². The van der Waals surface area contributed by atoms with Gasteiger partial charge < -0.3 is 8.98 Å². The van der Waals surface area contributed by atoms with Crippen LogP contribution < -0.4 is 15.6 Å². The van der Waals surface area contributed by atoms with Crippen LogP contribution >= 0.6 is 0 Å². The Balaban J connectivity index is 1.42. The van der Waals surface area contributed by atoms with Crippen LogP contribution in [0.5, 0.6) is 0 Å². The first-order chi connectivity index (χ1) is 21.0. The monoisotopic (exact) mass is 571 g/mol. The minimum absolute atomic E-state index is 0.0110. The third kappa shape index (κ3) is 3.78. The fraction of sp³-hybridized carbons (Fsp3) is 0.100. The van der Waals surface area contributed by atoms with Crippen LogP contribution in [0.4, 0.5) is 0 Å². The van der Waals surface area contributed by atoms with Crippen molar-refractivity contribution in [3.8, 4) is 5.69 Å². The Labute approximate surface area is 252 Å². The van der Waals surface area contributed by atoms with Gasteiger partial charge in [0.1, 0.15) is 11.2 Å². The number of furan rings is 1.